The zero-order valence-corrected chi connectivity index (χ0v) is 17.3. The summed E-state index contributed by atoms with van der Waals surface area (Å²) in [7, 11) is -0.802. The first-order valence-corrected chi connectivity index (χ1v) is 10.4. The van der Waals surface area contributed by atoms with E-state index >= 15 is 0 Å². The van der Waals surface area contributed by atoms with Crippen molar-refractivity contribution in [2.75, 3.05) is 20.8 Å². The molecule has 0 saturated heterocycles. The van der Waals surface area contributed by atoms with Crippen molar-refractivity contribution >= 4 is 15.9 Å². The number of amides is 1. The summed E-state index contributed by atoms with van der Waals surface area (Å²) in [5.41, 5.74) is 1.14. The molecule has 1 atom stereocenters. The van der Waals surface area contributed by atoms with E-state index in [2.05, 4.69) is 10.0 Å². The third-order valence-corrected chi connectivity index (χ3v) is 5.70. The van der Waals surface area contributed by atoms with E-state index in [-0.39, 0.29) is 28.2 Å². The van der Waals surface area contributed by atoms with Gasteiger partial charge in [-0.25, -0.2) is 13.1 Å². The number of carbonyl (C=O) groups excluding carboxylic acids is 1. The van der Waals surface area contributed by atoms with Crippen molar-refractivity contribution in [2.45, 2.75) is 31.2 Å². The molecule has 8 heteroatoms. The van der Waals surface area contributed by atoms with Crippen molar-refractivity contribution < 1.29 is 22.7 Å². The van der Waals surface area contributed by atoms with Crippen LogP contribution < -0.4 is 19.5 Å². The van der Waals surface area contributed by atoms with Crippen molar-refractivity contribution in [3.63, 3.8) is 0 Å². The minimum atomic E-state index is -3.78. The maximum Gasteiger partial charge on any atom is 0.251 e. The first-order valence-electron chi connectivity index (χ1n) is 8.95. The lowest BCUT2D eigenvalue weighted by molar-refractivity contribution is 0.0939. The molecule has 7 nitrogen and oxygen atoms in total. The van der Waals surface area contributed by atoms with Gasteiger partial charge in [0.15, 0.2) is 0 Å². The van der Waals surface area contributed by atoms with Gasteiger partial charge in [0.1, 0.15) is 16.4 Å². The quantitative estimate of drug-likeness (QED) is 0.668. The van der Waals surface area contributed by atoms with Crippen LogP contribution in [0.5, 0.6) is 11.5 Å². The van der Waals surface area contributed by atoms with Gasteiger partial charge < -0.3 is 14.8 Å². The molecule has 2 aromatic carbocycles. The van der Waals surface area contributed by atoms with Gasteiger partial charge in [0.25, 0.3) is 5.91 Å². The van der Waals surface area contributed by atoms with E-state index in [4.69, 9.17) is 9.47 Å². The fourth-order valence-corrected chi connectivity index (χ4v) is 3.92. The first kappa shape index (κ1) is 21.7. The van der Waals surface area contributed by atoms with E-state index in [0.717, 1.165) is 11.3 Å². The van der Waals surface area contributed by atoms with Crippen LogP contribution in [0, 0.1) is 0 Å². The Kier molecular flexibility index (Phi) is 7.42. The molecular formula is C20H26N2O5S. The van der Waals surface area contributed by atoms with Crippen molar-refractivity contribution in [2.24, 2.45) is 0 Å². The smallest absolute Gasteiger partial charge is 0.251 e. The standard InChI is InChI=1S/C20H26N2O5S/c1-5-12-21-28(24,25)19-13-16(8-11-18(19)27-4)20(23)22-14(2)15-6-9-17(26-3)10-7-15/h6-11,13-14,21H,5,12H2,1-4H3,(H,22,23)/t14-/m0/s1. The van der Waals surface area contributed by atoms with E-state index in [0.29, 0.717) is 13.0 Å². The van der Waals surface area contributed by atoms with Crippen LogP contribution in [0.25, 0.3) is 0 Å². The first-order chi connectivity index (χ1) is 13.3. The number of ether oxygens (including phenoxy) is 2. The Morgan fingerprint density at radius 1 is 1.07 bits per heavy atom. The molecule has 152 valence electrons. The molecule has 0 aromatic heterocycles. The maximum absolute atomic E-state index is 12.7. The molecule has 2 aromatic rings. The Labute approximate surface area is 166 Å². The number of benzene rings is 2. The summed E-state index contributed by atoms with van der Waals surface area (Å²) in [5.74, 6) is 0.535. The van der Waals surface area contributed by atoms with E-state index in [9.17, 15) is 13.2 Å². The summed E-state index contributed by atoms with van der Waals surface area (Å²) < 4.78 is 37.8. The Bertz CT molecular complexity index is 911. The zero-order valence-electron chi connectivity index (χ0n) is 16.5. The Hall–Kier alpha value is -2.58. The Morgan fingerprint density at radius 2 is 1.75 bits per heavy atom. The highest BCUT2D eigenvalue weighted by Gasteiger charge is 2.22. The third kappa shape index (κ3) is 5.24. The van der Waals surface area contributed by atoms with Crippen molar-refractivity contribution in [3.8, 4) is 11.5 Å². The number of rotatable bonds is 9. The molecule has 0 aliphatic heterocycles. The average molecular weight is 407 g/mol. The van der Waals surface area contributed by atoms with Gasteiger partial charge in [0.2, 0.25) is 10.0 Å². The number of carbonyl (C=O) groups is 1. The van der Waals surface area contributed by atoms with E-state index in [1.165, 1.54) is 25.3 Å². The van der Waals surface area contributed by atoms with Crippen molar-refractivity contribution in [3.05, 3.63) is 53.6 Å². The van der Waals surface area contributed by atoms with Crippen LogP contribution in [0.3, 0.4) is 0 Å². The summed E-state index contributed by atoms with van der Waals surface area (Å²) in [6.45, 7) is 4.02. The molecule has 28 heavy (non-hydrogen) atoms. The molecule has 0 aliphatic rings. The van der Waals surface area contributed by atoms with Gasteiger partial charge in [-0.3, -0.25) is 4.79 Å². The molecule has 2 rings (SSSR count). The molecule has 0 saturated carbocycles. The minimum absolute atomic E-state index is 0.0619. The van der Waals surface area contributed by atoms with E-state index in [1.807, 2.05) is 38.1 Å². The maximum atomic E-state index is 12.7. The van der Waals surface area contributed by atoms with Crippen LogP contribution in [0.4, 0.5) is 0 Å². The fourth-order valence-electron chi connectivity index (χ4n) is 2.60. The van der Waals surface area contributed by atoms with Gasteiger partial charge in [-0.15, -0.1) is 0 Å². The summed E-state index contributed by atoms with van der Waals surface area (Å²) >= 11 is 0. The minimum Gasteiger partial charge on any atom is -0.497 e. The summed E-state index contributed by atoms with van der Waals surface area (Å²) in [6.07, 6.45) is 0.654. The molecular weight excluding hydrogens is 380 g/mol. The number of sulfonamides is 1. The van der Waals surface area contributed by atoms with E-state index in [1.54, 1.807) is 7.11 Å². The second-order valence-electron chi connectivity index (χ2n) is 6.23. The van der Waals surface area contributed by atoms with Gasteiger partial charge in [-0.2, -0.15) is 0 Å². The van der Waals surface area contributed by atoms with Gasteiger partial charge in [0.05, 0.1) is 20.3 Å². The van der Waals surface area contributed by atoms with Crippen LogP contribution in [0.1, 0.15) is 42.2 Å². The van der Waals surface area contributed by atoms with Crippen LogP contribution >= 0.6 is 0 Å². The molecule has 2 N–H and O–H groups in total. The van der Waals surface area contributed by atoms with Gasteiger partial charge in [-0.05, 0) is 49.2 Å². The second kappa shape index (κ2) is 9.57. The highest BCUT2D eigenvalue weighted by atomic mass is 32.2. The predicted octanol–water partition coefficient (Wildman–Crippen LogP) is 2.88. The monoisotopic (exact) mass is 406 g/mol. The molecule has 0 unspecified atom stereocenters. The van der Waals surface area contributed by atoms with E-state index < -0.39 is 10.0 Å². The zero-order chi connectivity index (χ0) is 20.7. The van der Waals surface area contributed by atoms with Crippen LogP contribution in [0.2, 0.25) is 0 Å². The summed E-state index contributed by atoms with van der Waals surface area (Å²) in [4.78, 5) is 12.6. The van der Waals surface area contributed by atoms with Gasteiger partial charge in [-0.1, -0.05) is 19.1 Å². The molecule has 0 fully saturated rings. The Morgan fingerprint density at radius 3 is 2.32 bits per heavy atom. The lowest BCUT2D eigenvalue weighted by Gasteiger charge is -2.16. The van der Waals surface area contributed by atoms with Crippen LogP contribution in [-0.4, -0.2) is 35.1 Å². The number of hydrogen-bond acceptors (Lipinski definition) is 5. The highest BCUT2D eigenvalue weighted by Crippen LogP contribution is 2.25. The molecule has 0 radical (unpaired) electrons. The van der Waals surface area contributed by atoms with Crippen LogP contribution in [0.15, 0.2) is 47.4 Å². The second-order valence-corrected chi connectivity index (χ2v) is 7.97. The lowest BCUT2D eigenvalue weighted by Crippen LogP contribution is -2.28. The van der Waals surface area contributed by atoms with Crippen LogP contribution in [-0.2, 0) is 10.0 Å². The summed E-state index contributed by atoms with van der Waals surface area (Å²) in [6, 6.07) is 11.4. The molecule has 0 aliphatic carbocycles. The topological polar surface area (TPSA) is 93.7 Å². The van der Waals surface area contributed by atoms with Crippen molar-refractivity contribution in [1.29, 1.82) is 0 Å². The lowest BCUT2D eigenvalue weighted by atomic mass is 10.1. The highest BCUT2D eigenvalue weighted by molar-refractivity contribution is 7.89. The number of methoxy groups -OCH3 is 2. The SMILES string of the molecule is CCCNS(=O)(=O)c1cc(C(=O)N[C@@H](C)c2ccc(OC)cc2)ccc1OC. The molecule has 0 bridgehead atoms. The third-order valence-electron chi connectivity index (χ3n) is 4.22. The van der Waals surface area contributed by atoms with Crippen molar-refractivity contribution in [1.82, 2.24) is 10.0 Å². The molecule has 0 heterocycles. The van der Waals surface area contributed by atoms with Gasteiger partial charge >= 0.3 is 0 Å². The fraction of sp³-hybridized carbons (Fsp3) is 0.350. The molecule has 1 amide bonds. The largest absolute Gasteiger partial charge is 0.497 e. The number of hydrogen-bond donors (Lipinski definition) is 2. The molecule has 0 spiro atoms. The number of nitrogens with one attached hydrogen (secondary N) is 2. The summed E-state index contributed by atoms with van der Waals surface area (Å²) in [5, 5.41) is 2.87. The van der Waals surface area contributed by atoms with Gasteiger partial charge in [0, 0.05) is 12.1 Å². The Balaban J connectivity index is 2.24. The normalized spacial score (nSPS) is 12.3. The predicted molar refractivity (Wildman–Crippen MR) is 107 cm³/mol. The average Bonchev–Trinajstić information content (AvgIpc) is 2.71.